The van der Waals surface area contributed by atoms with Gasteiger partial charge in [-0.1, -0.05) is 12.2 Å². The van der Waals surface area contributed by atoms with Crippen molar-refractivity contribution in [1.82, 2.24) is 10.3 Å². The Kier molecular flexibility index (Phi) is 5.16. The zero-order chi connectivity index (χ0) is 12.7. The highest BCUT2D eigenvalue weighted by Gasteiger charge is 2.10. The second-order valence-corrected chi connectivity index (χ2v) is 3.49. The molecule has 0 amide bonds. The molecule has 0 bridgehead atoms. The number of carbonyl (C=O) groups excluding carboxylic acids is 1. The van der Waals surface area contributed by atoms with Crippen LogP contribution in [-0.2, 0) is 4.74 Å². The number of methoxy groups -OCH3 is 1. The molecule has 0 unspecified atom stereocenters. The van der Waals surface area contributed by atoms with E-state index in [4.69, 9.17) is 5.73 Å². The Balaban J connectivity index is 2.81. The number of ether oxygens (including phenoxy) is 1. The maximum Gasteiger partial charge on any atom is 0.341 e. The van der Waals surface area contributed by atoms with Crippen LogP contribution in [0.4, 0.5) is 5.82 Å². The SMILES string of the molecule is CNCCC=Cc1cnc(N)c(C(=O)OC)c1. The molecule has 1 heterocycles. The molecule has 1 aromatic rings. The van der Waals surface area contributed by atoms with Crippen molar-refractivity contribution in [1.29, 1.82) is 0 Å². The van der Waals surface area contributed by atoms with Gasteiger partial charge in [-0.25, -0.2) is 9.78 Å². The summed E-state index contributed by atoms with van der Waals surface area (Å²) in [6, 6.07) is 1.67. The van der Waals surface area contributed by atoms with Crippen molar-refractivity contribution < 1.29 is 9.53 Å². The monoisotopic (exact) mass is 235 g/mol. The van der Waals surface area contributed by atoms with Gasteiger partial charge in [-0.05, 0) is 31.6 Å². The second kappa shape index (κ2) is 6.65. The largest absolute Gasteiger partial charge is 0.465 e. The highest BCUT2D eigenvalue weighted by atomic mass is 16.5. The minimum atomic E-state index is -0.472. The summed E-state index contributed by atoms with van der Waals surface area (Å²) in [5.41, 5.74) is 6.72. The number of esters is 1. The van der Waals surface area contributed by atoms with Gasteiger partial charge in [-0.3, -0.25) is 0 Å². The number of hydrogen-bond acceptors (Lipinski definition) is 5. The maximum atomic E-state index is 11.4. The van der Waals surface area contributed by atoms with Crippen LogP contribution in [0.2, 0.25) is 0 Å². The molecule has 3 N–H and O–H groups in total. The number of nitrogen functional groups attached to an aromatic ring is 1. The Morgan fingerprint density at radius 3 is 3.06 bits per heavy atom. The van der Waals surface area contributed by atoms with Gasteiger partial charge in [0.15, 0.2) is 0 Å². The van der Waals surface area contributed by atoms with Gasteiger partial charge in [0.05, 0.1) is 7.11 Å². The summed E-state index contributed by atoms with van der Waals surface area (Å²) in [6.45, 7) is 0.906. The molecule has 0 aromatic carbocycles. The summed E-state index contributed by atoms with van der Waals surface area (Å²) in [4.78, 5) is 15.3. The Morgan fingerprint density at radius 2 is 2.41 bits per heavy atom. The van der Waals surface area contributed by atoms with E-state index in [-0.39, 0.29) is 5.82 Å². The average Bonchev–Trinajstić information content (AvgIpc) is 2.35. The van der Waals surface area contributed by atoms with Crippen LogP contribution in [-0.4, -0.2) is 31.7 Å². The van der Waals surface area contributed by atoms with Crippen molar-refractivity contribution in [3.63, 3.8) is 0 Å². The van der Waals surface area contributed by atoms with E-state index < -0.39 is 5.97 Å². The minimum Gasteiger partial charge on any atom is -0.465 e. The van der Waals surface area contributed by atoms with Crippen LogP contribution in [0.15, 0.2) is 18.3 Å². The average molecular weight is 235 g/mol. The lowest BCUT2D eigenvalue weighted by Crippen LogP contribution is -2.07. The molecule has 0 spiro atoms. The molecule has 0 atom stereocenters. The topological polar surface area (TPSA) is 77.2 Å². The van der Waals surface area contributed by atoms with Gasteiger partial charge in [0.1, 0.15) is 11.4 Å². The fraction of sp³-hybridized carbons (Fsp3) is 0.333. The molecule has 0 saturated carbocycles. The van der Waals surface area contributed by atoms with Crippen molar-refractivity contribution in [3.8, 4) is 0 Å². The Morgan fingerprint density at radius 1 is 1.65 bits per heavy atom. The van der Waals surface area contributed by atoms with Crippen LogP contribution in [0, 0.1) is 0 Å². The molecule has 0 aliphatic carbocycles. The van der Waals surface area contributed by atoms with E-state index in [2.05, 4.69) is 15.0 Å². The fourth-order valence-corrected chi connectivity index (χ4v) is 1.30. The van der Waals surface area contributed by atoms with Crippen molar-refractivity contribution in [2.24, 2.45) is 0 Å². The van der Waals surface area contributed by atoms with E-state index in [0.29, 0.717) is 5.56 Å². The highest BCUT2D eigenvalue weighted by Crippen LogP contribution is 2.13. The van der Waals surface area contributed by atoms with Crippen molar-refractivity contribution in [2.75, 3.05) is 26.4 Å². The number of anilines is 1. The molecule has 0 aliphatic rings. The van der Waals surface area contributed by atoms with Crippen LogP contribution in [0.25, 0.3) is 6.08 Å². The minimum absolute atomic E-state index is 0.184. The quantitative estimate of drug-likeness (QED) is 0.589. The molecular formula is C12H17N3O2. The van der Waals surface area contributed by atoms with Gasteiger partial charge in [-0.15, -0.1) is 0 Å². The predicted octanol–water partition coefficient (Wildman–Crippen LogP) is 1.07. The van der Waals surface area contributed by atoms with Gasteiger partial charge in [-0.2, -0.15) is 0 Å². The maximum absolute atomic E-state index is 11.4. The van der Waals surface area contributed by atoms with E-state index in [0.717, 1.165) is 18.5 Å². The molecule has 17 heavy (non-hydrogen) atoms. The molecular weight excluding hydrogens is 218 g/mol. The van der Waals surface area contributed by atoms with E-state index in [1.807, 2.05) is 19.2 Å². The van der Waals surface area contributed by atoms with Crippen LogP contribution in [0.1, 0.15) is 22.3 Å². The molecule has 0 aliphatic heterocycles. The number of pyridine rings is 1. The Labute approximate surface area is 101 Å². The highest BCUT2D eigenvalue weighted by molar-refractivity contribution is 5.94. The summed E-state index contributed by atoms with van der Waals surface area (Å²) in [5, 5.41) is 3.04. The van der Waals surface area contributed by atoms with Crippen molar-refractivity contribution >= 4 is 17.9 Å². The summed E-state index contributed by atoms with van der Waals surface area (Å²) < 4.78 is 4.62. The smallest absolute Gasteiger partial charge is 0.341 e. The van der Waals surface area contributed by atoms with Crippen LogP contribution >= 0.6 is 0 Å². The number of nitrogens with zero attached hydrogens (tertiary/aromatic N) is 1. The van der Waals surface area contributed by atoms with Crippen molar-refractivity contribution in [3.05, 3.63) is 29.5 Å². The van der Waals surface area contributed by atoms with Gasteiger partial charge >= 0.3 is 5.97 Å². The first kappa shape index (κ1) is 13.2. The fourth-order valence-electron chi connectivity index (χ4n) is 1.30. The van der Waals surface area contributed by atoms with Crippen LogP contribution < -0.4 is 11.1 Å². The first-order chi connectivity index (χ1) is 8.19. The standard InChI is InChI=1S/C12H17N3O2/c1-14-6-4-3-5-9-7-10(12(16)17-2)11(13)15-8-9/h3,5,7-8,14H,4,6H2,1-2H3,(H2,13,15). The van der Waals surface area contributed by atoms with E-state index in [1.54, 1.807) is 12.3 Å². The van der Waals surface area contributed by atoms with E-state index in [9.17, 15) is 4.79 Å². The lowest BCUT2D eigenvalue weighted by molar-refractivity contribution is 0.0601. The Hall–Kier alpha value is -1.88. The normalized spacial score (nSPS) is 10.7. The molecule has 1 aromatic heterocycles. The molecule has 0 fully saturated rings. The van der Waals surface area contributed by atoms with Gasteiger partial charge < -0.3 is 15.8 Å². The third-order valence-electron chi connectivity index (χ3n) is 2.22. The number of rotatable bonds is 5. The predicted molar refractivity (Wildman–Crippen MR) is 67.6 cm³/mol. The van der Waals surface area contributed by atoms with Gasteiger partial charge in [0.25, 0.3) is 0 Å². The molecule has 5 nitrogen and oxygen atoms in total. The second-order valence-electron chi connectivity index (χ2n) is 3.49. The number of aromatic nitrogens is 1. The lowest BCUT2D eigenvalue weighted by Gasteiger charge is -2.03. The third-order valence-corrected chi connectivity index (χ3v) is 2.22. The number of nitrogens with one attached hydrogen (secondary N) is 1. The first-order valence-electron chi connectivity index (χ1n) is 5.34. The summed E-state index contributed by atoms with van der Waals surface area (Å²) in [6.07, 6.45) is 6.44. The van der Waals surface area contributed by atoms with Crippen molar-refractivity contribution in [2.45, 2.75) is 6.42 Å². The summed E-state index contributed by atoms with van der Waals surface area (Å²) in [5.74, 6) is -0.287. The van der Waals surface area contributed by atoms with E-state index >= 15 is 0 Å². The third kappa shape index (κ3) is 3.88. The zero-order valence-electron chi connectivity index (χ0n) is 10.1. The number of nitrogens with two attached hydrogens (primary N) is 1. The number of carbonyl (C=O) groups is 1. The zero-order valence-corrected chi connectivity index (χ0v) is 10.1. The Bertz CT molecular complexity index is 416. The van der Waals surface area contributed by atoms with E-state index in [1.165, 1.54) is 7.11 Å². The molecule has 92 valence electrons. The molecule has 1 rings (SSSR count). The van der Waals surface area contributed by atoms with Gasteiger partial charge in [0, 0.05) is 6.20 Å². The molecule has 0 radical (unpaired) electrons. The first-order valence-corrected chi connectivity index (χ1v) is 5.34. The number of hydrogen-bond donors (Lipinski definition) is 2. The van der Waals surface area contributed by atoms with Crippen LogP contribution in [0.5, 0.6) is 0 Å². The summed E-state index contributed by atoms with van der Waals surface area (Å²) >= 11 is 0. The summed E-state index contributed by atoms with van der Waals surface area (Å²) in [7, 11) is 3.21. The molecule has 0 saturated heterocycles. The molecule has 5 heteroatoms. The van der Waals surface area contributed by atoms with Crippen LogP contribution in [0.3, 0.4) is 0 Å². The van der Waals surface area contributed by atoms with Gasteiger partial charge in [0.2, 0.25) is 0 Å². The lowest BCUT2D eigenvalue weighted by atomic mass is 10.1.